The van der Waals surface area contributed by atoms with Crippen LogP contribution in [0.4, 0.5) is 0 Å². The number of rotatable bonds is 8. The van der Waals surface area contributed by atoms with Crippen molar-refractivity contribution >= 4 is 0 Å². The van der Waals surface area contributed by atoms with Crippen LogP contribution in [-0.2, 0) is 4.74 Å². The van der Waals surface area contributed by atoms with Crippen LogP contribution in [0.2, 0.25) is 0 Å². The normalized spacial score (nSPS) is 14.9. The van der Waals surface area contributed by atoms with E-state index in [1.807, 2.05) is 19.1 Å². The third-order valence-corrected chi connectivity index (χ3v) is 3.58. The summed E-state index contributed by atoms with van der Waals surface area (Å²) in [5.74, 6) is 0.928. The van der Waals surface area contributed by atoms with Crippen molar-refractivity contribution in [3.63, 3.8) is 0 Å². The Labute approximate surface area is 123 Å². The molecule has 114 valence electrons. The molecule has 0 saturated heterocycles. The van der Waals surface area contributed by atoms with Crippen LogP contribution in [0.5, 0.6) is 5.75 Å². The summed E-state index contributed by atoms with van der Waals surface area (Å²) in [6.07, 6.45) is 0.977. The van der Waals surface area contributed by atoms with E-state index in [-0.39, 0.29) is 5.60 Å². The van der Waals surface area contributed by atoms with Gasteiger partial charge >= 0.3 is 0 Å². The van der Waals surface area contributed by atoms with Crippen LogP contribution in [0, 0.1) is 0 Å². The second kappa shape index (κ2) is 7.65. The van der Waals surface area contributed by atoms with E-state index in [0.717, 1.165) is 12.2 Å². The molecule has 3 nitrogen and oxygen atoms in total. The van der Waals surface area contributed by atoms with Crippen molar-refractivity contribution in [2.75, 3.05) is 13.7 Å². The minimum absolute atomic E-state index is 0.0923. The molecule has 1 N–H and O–H groups in total. The highest BCUT2D eigenvalue weighted by atomic mass is 16.5. The number of ether oxygens (including phenoxy) is 2. The lowest BCUT2D eigenvalue weighted by Crippen LogP contribution is -2.36. The Morgan fingerprint density at radius 1 is 1.15 bits per heavy atom. The zero-order valence-electron chi connectivity index (χ0n) is 13.7. The van der Waals surface area contributed by atoms with Gasteiger partial charge in [0.15, 0.2) is 0 Å². The summed E-state index contributed by atoms with van der Waals surface area (Å²) in [4.78, 5) is 0. The molecule has 0 saturated carbocycles. The first kappa shape index (κ1) is 17.0. The Morgan fingerprint density at radius 2 is 1.75 bits per heavy atom. The second-order valence-corrected chi connectivity index (χ2v) is 5.96. The highest BCUT2D eigenvalue weighted by Crippen LogP contribution is 2.21. The van der Waals surface area contributed by atoms with E-state index >= 15 is 0 Å². The van der Waals surface area contributed by atoms with Crippen molar-refractivity contribution in [3.8, 4) is 5.75 Å². The van der Waals surface area contributed by atoms with Crippen LogP contribution >= 0.6 is 0 Å². The summed E-state index contributed by atoms with van der Waals surface area (Å²) < 4.78 is 10.9. The standard InChI is InChI=1S/C17H29NO2/c1-7-20-16-10-8-15(9-11-16)14(3)18-13(2)12-17(4,5)19-6/h8-11,13-14,18H,7,12H2,1-6H3. The first-order valence-corrected chi connectivity index (χ1v) is 7.42. The summed E-state index contributed by atoms with van der Waals surface area (Å²) in [7, 11) is 1.77. The zero-order chi connectivity index (χ0) is 15.2. The average Bonchev–Trinajstić information content (AvgIpc) is 2.39. The van der Waals surface area contributed by atoms with Gasteiger partial charge in [-0.3, -0.25) is 0 Å². The number of methoxy groups -OCH3 is 1. The molecule has 0 aromatic heterocycles. The molecule has 0 fully saturated rings. The van der Waals surface area contributed by atoms with Crippen molar-refractivity contribution in [3.05, 3.63) is 29.8 Å². The third kappa shape index (κ3) is 5.51. The van der Waals surface area contributed by atoms with Gasteiger partial charge in [-0.2, -0.15) is 0 Å². The number of nitrogens with one attached hydrogen (secondary N) is 1. The van der Waals surface area contributed by atoms with Crippen molar-refractivity contribution in [2.45, 2.75) is 58.7 Å². The molecule has 0 amide bonds. The molecule has 0 aliphatic heterocycles. The predicted octanol–water partition coefficient (Wildman–Crippen LogP) is 3.94. The van der Waals surface area contributed by atoms with E-state index in [2.05, 4.69) is 45.1 Å². The molecule has 0 radical (unpaired) electrons. The van der Waals surface area contributed by atoms with Crippen molar-refractivity contribution in [1.82, 2.24) is 5.32 Å². The number of benzene rings is 1. The summed E-state index contributed by atoms with van der Waals surface area (Å²) in [5, 5.41) is 3.62. The zero-order valence-corrected chi connectivity index (χ0v) is 13.7. The predicted molar refractivity (Wildman–Crippen MR) is 84.3 cm³/mol. The molecule has 2 atom stereocenters. The largest absolute Gasteiger partial charge is 0.494 e. The molecule has 1 aromatic rings. The Balaban J connectivity index is 2.55. The molecule has 3 heteroatoms. The van der Waals surface area contributed by atoms with E-state index in [1.165, 1.54) is 5.56 Å². The topological polar surface area (TPSA) is 30.5 Å². The lowest BCUT2D eigenvalue weighted by Gasteiger charge is -2.29. The molecule has 0 heterocycles. The fourth-order valence-corrected chi connectivity index (χ4v) is 2.42. The minimum atomic E-state index is -0.0923. The maximum atomic E-state index is 5.48. The first-order chi connectivity index (χ1) is 9.38. The Bertz CT molecular complexity index is 386. The number of hydrogen-bond donors (Lipinski definition) is 1. The molecule has 2 unspecified atom stereocenters. The molecule has 0 aliphatic rings. The molecule has 20 heavy (non-hydrogen) atoms. The highest BCUT2D eigenvalue weighted by Gasteiger charge is 2.21. The van der Waals surface area contributed by atoms with Crippen LogP contribution in [0.3, 0.4) is 0 Å². The van der Waals surface area contributed by atoms with Gasteiger partial charge in [-0.1, -0.05) is 12.1 Å². The van der Waals surface area contributed by atoms with E-state index in [9.17, 15) is 0 Å². The molecule has 1 aromatic carbocycles. The van der Waals surface area contributed by atoms with Gasteiger partial charge in [0.2, 0.25) is 0 Å². The smallest absolute Gasteiger partial charge is 0.119 e. The van der Waals surface area contributed by atoms with Gasteiger partial charge in [-0.25, -0.2) is 0 Å². The van der Waals surface area contributed by atoms with Crippen LogP contribution in [0.15, 0.2) is 24.3 Å². The van der Waals surface area contributed by atoms with Crippen molar-refractivity contribution in [2.24, 2.45) is 0 Å². The van der Waals surface area contributed by atoms with Crippen molar-refractivity contribution < 1.29 is 9.47 Å². The summed E-state index contributed by atoms with van der Waals surface area (Å²) in [5.41, 5.74) is 1.18. The number of hydrogen-bond acceptors (Lipinski definition) is 3. The van der Waals surface area contributed by atoms with Crippen LogP contribution in [0.25, 0.3) is 0 Å². The van der Waals surface area contributed by atoms with Crippen LogP contribution in [-0.4, -0.2) is 25.4 Å². The minimum Gasteiger partial charge on any atom is -0.494 e. The molecule has 1 rings (SSSR count). The van der Waals surface area contributed by atoms with Gasteiger partial charge < -0.3 is 14.8 Å². The second-order valence-electron chi connectivity index (χ2n) is 5.96. The fourth-order valence-electron chi connectivity index (χ4n) is 2.42. The van der Waals surface area contributed by atoms with E-state index < -0.39 is 0 Å². The van der Waals surface area contributed by atoms with E-state index in [1.54, 1.807) is 7.11 Å². The maximum Gasteiger partial charge on any atom is 0.119 e. The van der Waals surface area contributed by atoms with E-state index in [4.69, 9.17) is 9.47 Å². The SMILES string of the molecule is CCOc1ccc(C(C)NC(C)CC(C)(C)OC)cc1. The monoisotopic (exact) mass is 279 g/mol. The Kier molecular flexibility index (Phi) is 6.50. The van der Waals surface area contributed by atoms with Gasteiger partial charge in [-0.15, -0.1) is 0 Å². The van der Waals surface area contributed by atoms with Crippen LogP contribution in [0.1, 0.15) is 52.6 Å². The Morgan fingerprint density at radius 3 is 2.25 bits per heavy atom. The Hall–Kier alpha value is -1.06. The molecule has 0 aliphatic carbocycles. The van der Waals surface area contributed by atoms with Crippen molar-refractivity contribution in [1.29, 1.82) is 0 Å². The maximum absolute atomic E-state index is 5.48. The molecule has 0 bridgehead atoms. The molecular formula is C17H29NO2. The summed E-state index contributed by atoms with van der Waals surface area (Å²) in [6, 6.07) is 9.01. The van der Waals surface area contributed by atoms with E-state index in [0.29, 0.717) is 18.7 Å². The lowest BCUT2D eigenvalue weighted by molar-refractivity contribution is 0.00782. The lowest BCUT2D eigenvalue weighted by atomic mass is 9.98. The van der Waals surface area contributed by atoms with Gasteiger partial charge in [0, 0.05) is 19.2 Å². The summed E-state index contributed by atoms with van der Waals surface area (Å²) in [6.45, 7) is 11.3. The average molecular weight is 279 g/mol. The fraction of sp³-hybridized carbons (Fsp3) is 0.647. The van der Waals surface area contributed by atoms with Gasteiger partial charge in [-0.05, 0) is 58.7 Å². The quantitative estimate of drug-likeness (QED) is 0.782. The summed E-state index contributed by atoms with van der Waals surface area (Å²) >= 11 is 0. The molecule has 0 spiro atoms. The van der Waals surface area contributed by atoms with Gasteiger partial charge in [0.05, 0.1) is 12.2 Å². The molecular weight excluding hydrogens is 250 g/mol. The van der Waals surface area contributed by atoms with Gasteiger partial charge in [0.1, 0.15) is 5.75 Å². The third-order valence-electron chi connectivity index (χ3n) is 3.58. The first-order valence-electron chi connectivity index (χ1n) is 7.42. The van der Waals surface area contributed by atoms with Gasteiger partial charge in [0.25, 0.3) is 0 Å². The highest BCUT2D eigenvalue weighted by molar-refractivity contribution is 5.28. The van der Waals surface area contributed by atoms with Crippen LogP contribution < -0.4 is 10.1 Å².